The molecule has 6 heteroatoms. The highest BCUT2D eigenvalue weighted by Crippen LogP contribution is 2.04. The highest BCUT2D eigenvalue weighted by atomic mass is 16.6. The number of ether oxygens (including phenoxy) is 3. The molecule has 0 fully saturated rings. The van der Waals surface area contributed by atoms with Crippen molar-refractivity contribution in [3.63, 3.8) is 0 Å². The maximum Gasteiger partial charge on any atom is 0.344 e. The molecule has 0 aliphatic rings. The molecule has 0 aromatic carbocycles. The maximum absolute atomic E-state index is 11.5. The molecule has 0 aliphatic carbocycles. The predicted octanol–water partition coefficient (Wildman–Crippen LogP) is 2.55. The quantitative estimate of drug-likeness (QED) is 0.238. The van der Waals surface area contributed by atoms with E-state index in [1.54, 1.807) is 0 Å². The highest BCUT2D eigenvalue weighted by molar-refractivity contribution is 5.93. The van der Waals surface area contributed by atoms with E-state index in [0.717, 1.165) is 25.7 Å². The van der Waals surface area contributed by atoms with Crippen molar-refractivity contribution in [3.8, 4) is 0 Å². The molecule has 0 heterocycles. The molecule has 0 unspecified atom stereocenters. The van der Waals surface area contributed by atoms with E-state index >= 15 is 0 Å². The lowest BCUT2D eigenvalue weighted by atomic mass is 10.2. The zero-order chi connectivity index (χ0) is 16.8. The van der Waals surface area contributed by atoms with Crippen molar-refractivity contribution in [1.29, 1.82) is 0 Å². The number of carbonyl (C=O) groups is 3. The first-order chi connectivity index (χ1) is 10.5. The summed E-state index contributed by atoms with van der Waals surface area (Å²) in [6.45, 7) is 7.56. The van der Waals surface area contributed by atoms with Crippen LogP contribution in [0.15, 0.2) is 12.2 Å². The standard InChI is InChI=1S/C16H26O6/c1-4-6-7-8-10-20-15(18)12-22-14(17)11-13(3)16(19)21-9-5-2/h3-12H2,1-2H3. The third-order valence-corrected chi connectivity index (χ3v) is 2.70. The van der Waals surface area contributed by atoms with Crippen molar-refractivity contribution in [3.05, 3.63) is 12.2 Å². The molecule has 0 bridgehead atoms. The molecule has 0 aromatic heterocycles. The Hall–Kier alpha value is -1.85. The predicted molar refractivity (Wildman–Crippen MR) is 81.1 cm³/mol. The molecule has 0 spiro atoms. The summed E-state index contributed by atoms with van der Waals surface area (Å²) in [7, 11) is 0. The molecule has 0 saturated carbocycles. The lowest BCUT2D eigenvalue weighted by molar-refractivity contribution is -0.158. The van der Waals surface area contributed by atoms with Crippen molar-refractivity contribution in [2.24, 2.45) is 0 Å². The molecule has 126 valence electrons. The van der Waals surface area contributed by atoms with Crippen LogP contribution in [0.2, 0.25) is 0 Å². The van der Waals surface area contributed by atoms with Crippen LogP contribution in [0.5, 0.6) is 0 Å². The number of rotatable bonds is 12. The molecular weight excluding hydrogens is 288 g/mol. The number of esters is 3. The number of hydrogen-bond acceptors (Lipinski definition) is 6. The van der Waals surface area contributed by atoms with Gasteiger partial charge in [-0.1, -0.05) is 39.7 Å². The Morgan fingerprint density at radius 3 is 2.18 bits per heavy atom. The molecule has 0 radical (unpaired) electrons. The van der Waals surface area contributed by atoms with Crippen LogP contribution in [0.25, 0.3) is 0 Å². The van der Waals surface area contributed by atoms with E-state index < -0.39 is 24.5 Å². The van der Waals surface area contributed by atoms with Gasteiger partial charge in [0.15, 0.2) is 6.61 Å². The lowest BCUT2D eigenvalue weighted by Crippen LogP contribution is -2.19. The number of unbranched alkanes of at least 4 members (excludes halogenated alkanes) is 3. The van der Waals surface area contributed by atoms with Gasteiger partial charge in [0, 0.05) is 5.57 Å². The summed E-state index contributed by atoms with van der Waals surface area (Å²) < 4.78 is 14.5. The smallest absolute Gasteiger partial charge is 0.344 e. The van der Waals surface area contributed by atoms with E-state index in [0.29, 0.717) is 13.0 Å². The Morgan fingerprint density at radius 1 is 0.818 bits per heavy atom. The summed E-state index contributed by atoms with van der Waals surface area (Å²) in [6.07, 6.45) is 4.40. The molecule has 0 atom stereocenters. The van der Waals surface area contributed by atoms with Crippen LogP contribution in [0.4, 0.5) is 0 Å². The van der Waals surface area contributed by atoms with Gasteiger partial charge in [0.2, 0.25) is 0 Å². The second-order valence-corrected chi connectivity index (χ2v) is 4.86. The highest BCUT2D eigenvalue weighted by Gasteiger charge is 2.15. The van der Waals surface area contributed by atoms with Gasteiger partial charge in [-0.15, -0.1) is 0 Å². The van der Waals surface area contributed by atoms with Gasteiger partial charge in [0.25, 0.3) is 0 Å². The monoisotopic (exact) mass is 314 g/mol. The molecule has 0 aromatic rings. The van der Waals surface area contributed by atoms with Gasteiger partial charge in [0.1, 0.15) is 0 Å². The summed E-state index contributed by atoms with van der Waals surface area (Å²) in [5.41, 5.74) is 0.00591. The van der Waals surface area contributed by atoms with Crippen LogP contribution in [-0.2, 0) is 28.6 Å². The first kappa shape index (κ1) is 20.1. The zero-order valence-corrected chi connectivity index (χ0v) is 13.5. The number of hydrogen-bond donors (Lipinski definition) is 0. The van der Waals surface area contributed by atoms with E-state index in [1.165, 1.54) is 0 Å². The van der Waals surface area contributed by atoms with Gasteiger partial charge in [0.05, 0.1) is 19.6 Å². The van der Waals surface area contributed by atoms with Gasteiger partial charge < -0.3 is 14.2 Å². The summed E-state index contributed by atoms with van der Waals surface area (Å²) in [6, 6.07) is 0. The van der Waals surface area contributed by atoms with Gasteiger partial charge in [-0.25, -0.2) is 9.59 Å². The molecule has 0 aliphatic heterocycles. The Kier molecular flexibility index (Phi) is 11.8. The first-order valence-electron chi connectivity index (χ1n) is 7.67. The van der Waals surface area contributed by atoms with Crippen LogP contribution in [0.3, 0.4) is 0 Å². The van der Waals surface area contributed by atoms with Gasteiger partial charge >= 0.3 is 17.9 Å². The largest absolute Gasteiger partial charge is 0.463 e. The topological polar surface area (TPSA) is 78.9 Å². The van der Waals surface area contributed by atoms with Gasteiger partial charge in [-0.2, -0.15) is 0 Å². The first-order valence-corrected chi connectivity index (χ1v) is 7.67. The lowest BCUT2D eigenvalue weighted by Gasteiger charge is -2.07. The van der Waals surface area contributed by atoms with E-state index in [1.807, 2.05) is 6.92 Å². The fourth-order valence-corrected chi connectivity index (χ4v) is 1.49. The minimum Gasteiger partial charge on any atom is -0.463 e. The van der Waals surface area contributed by atoms with Crippen molar-refractivity contribution in [2.75, 3.05) is 19.8 Å². The van der Waals surface area contributed by atoms with Crippen LogP contribution in [0.1, 0.15) is 52.4 Å². The molecule has 6 nitrogen and oxygen atoms in total. The van der Waals surface area contributed by atoms with Crippen molar-refractivity contribution in [2.45, 2.75) is 52.4 Å². The van der Waals surface area contributed by atoms with E-state index in [-0.39, 0.29) is 18.6 Å². The van der Waals surface area contributed by atoms with Crippen molar-refractivity contribution < 1.29 is 28.6 Å². The maximum atomic E-state index is 11.5. The van der Waals surface area contributed by atoms with E-state index in [2.05, 4.69) is 13.5 Å². The third-order valence-electron chi connectivity index (χ3n) is 2.70. The van der Waals surface area contributed by atoms with E-state index in [9.17, 15) is 14.4 Å². The Morgan fingerprint density at radius 2 is 1.55 bits per heavy atom. The fraction of sp³-hybridized carbons (Fsp3) is 0.688. The summed E-state index contributed by atoms with van der Waals surface area (Å²) in [5, 5.41) is 0. The van der Waals surface area contributed by atoms with Gasteiger partial charge in [-0.3, -0.25) is 4.79 Å². The molecular formula is C16H26O6. The Balaban J connectivity index is 3.77. The van der Waals surface area contributed by atoms with Crippen molar-refractivity contribution in [1.82, 2.24) is 0 Å². The minimum absolute atomic E-state index is 0.00591. The fourth-order valence-electron chi connectivity index (χ4n) is 1.49. The second kappa shape index (κ2) is 12.9. The zero-order valence-electron chi connectivity index (χ0n) is 13.5. The second-order valence-electron chi connectivity index (χ2n) is 4.86. The normalized spacial score (nSPS) is 9.91. The van der Waals surface area contributed by atoms with Crippen LogP contribution in [-0.4, -0.2) is 37.7 Å². The number of carbonyl (C=O) groups excluding carboxylic acids is 3. The third kappa shape index (κ3) is 10.9. The van der Waals surface area contributed by atoms with Crippen LogP contribution < -0.4 is 0 Å². The van der Waals surface area contributed by atoms with Gasteiger partial charge in [-0.05, 0) is 12.8 Å². The summed E-state index contributed by atoms with van der Waals surface area (Å²) in [4.78, 5) is 34.2. The molecule has 0 rings (SSSR count). The van der Waals surface area contributed by atoms with Crippen molar-refractivity contribution >= 4 is 17.9 Å². The Bertz CT molecular complexity index is 375. The molecule has 22 heavy (non-hydrogen) atoms. The van der Waals surface area contributed by atoms with E-state index in [4.69, 9.17) is 14.2 Å². The van der Waals surface area contributed by atoms with Crippen LogP contribution >= 0.6 is 0 Å². The minimum atomic E-state index is -0.707. The SMILES string of the molecule is C=C(CC(=O)OCC(=O)OCCCCCC)C(=O)OCCC. The Labute approximate surface area is 131 Å². The van der Waals surface area contributed by atoms with Crippen LogP contribution in [0, 0.1) is 0 Å². The molecule has 0 saturated heterocycles. The summed E-state index contributed by atoms with van der Waals surface area (Å²) in [5.74, 6) is -1.93. The molecule has 0 amide bonds. The average Bonchev–Trinajstić information content (AvgIpc) is 2.50. The summed E-state index contributed by atoms with van der Waals surface area (Å²) >= 11 is 0. The average molecular weight is 314 g/mol. The molecule has 0 N–H and O–H groups in total.